The molecule has 1 heterocycles. The molecule has 2 rings (SSSR count). The molecule has 1 aromatic carbocycles. The summed E-state index contributed by atoms with van der Waals surface area (Å²) in [6.45, 7) is 0.540. The molecule has 0 saturated carbocycles. The Hall–Kier alpha value is -2.03. The molecule has 0 atom stereocenters. The van der Waals surface area contributed by atoms with E-state index in [1.165, 1.54) is 0 Å². The monoisotopic (exact) mass is 228 g/mol. The molecule has 17 heavy (non-hydrogen) atoms. The molecular formula is C14H16N2O. The van der Waals surface area contributed by atoms with E-state index in [0.29, 0.717) is 12.5 Å². The first-order chi connectivity index (χ1) is 8.27. The molecule has 0 aliphatic heterocycles. The molecule has 0 unspecified atom stereocenters. The van der Waals surface area contributed by atoms with E-state index in [-0.39, 0.29) is 0 Å². The van der Waals surface area contributed by atoms with E-state index in [9.17, 15) is 0 Å². The predicted molar refractivity (Wildman–Crippen MR) is 69.3 cm³/mol. The molecule has 0 aliphatic carbocycles. The zero-order valence-corrected chi connectivity index (χ0v) is 10.1. The Labute approximate surface area is 102 Å². The third-order valence-electron chi connectivity index (χ3n) is 2.45. The summed E-state index contributed by atoms with van der Waals surface area (Å²) in [7, 11) is 3.96. The molecule has 88 valence electrons. The van der Waals surface area contributed by atoms with Crippen LogP contribution in [0.5, 0.6) is 5.88 Å². The molecule has 0 bridgehead atoms. The van der Waals surface area contributed by atoms with Crippen molar-refractivity contribution in [3.8, 4) is 5.88 Å². The van der Waals surface area contributed by atoms with Crippen molar-refractivity contribution in [1.29, 1.82) is 0 Å². The summed E-state index contributed by atoms with van der Waals surface area (Å²) in [5.41, 5.74) is 2.13. The molecule has 0 saturated heterocycles. The molecule has 2 aromatic rings. The number of pyridine rings is 1. The van der Waals surface area contributed by atoms with Crippen LogP contribution in [0.2, 0.25) is 0 Å². The van der Waals surface area contributed by atoms with Gasteiger partial charge in [-0.3, -0.25) is 0 Å². The molecule has 0 amide bonds. The average molecular weight is 228 g/mol. The number of ether oxygens (including phenoxy) is 1. The fourth-order valence-corrected chi connectivity index (χ4v) is 1.56. The van der Waals surface area contributed by atoms with E-state index in [0.717, 1.165) is 11.3 Å². The van der Waals surface area contributed by atoms with Gasteiger partial charge in [0.05, 0.1) is 5.69 Å². The first-order valence-electron chi connectivity index (χ1n) is 5.56. The van der Waals surface area contributed by atoms with E-state index >= 15 is 0 Å². The Balaban J connectivity index is 2.09. The van der Waals surface area contributed by atoms with E-state index in [1.807, 2.05) is 61.5 Å². The maximum Gasteiger partial charge on any atom is 0.237 e. The summed E-state index contributed by atoms with van der Waals surface area (Å²) in [5.74, 6) is 0.668. The lowest BCUT2D eigenvalue weighted by atomic mass is 10.2. The Morgan fingerprint density at radius 1 is 1.06 bits per heavy atom. The highest BCUT2D eigenvalue weighted by atomic mass is 16.5. The molecule has 0 fully saturated rings. The van der Waals surface area contributed by atoms with Crippen LogP contribution < -0.4 is 9.64 Å². The number of benzene rings is 1. The summed E-state index contributed by atoms with van der Waals surface area (Å²) in [5, 5.41) is 0. The number of anilines is 1. The van der Waals surface area contributed by atoms with E-state index < -0.39 is 0 Å². The summed E-state index contributed by atoms with van der Waals surface area (Å²) >= 11 is 0. The second-order valence-corrected chi connectivity index (χ2v) is 4.00. The fraction of sp³-hybridized carbons (Fsp3) is 0.214. The van der Waals surface area contributed by atoms with Crippen molar-refractivity contribution < 1.29 is 4.74 Å². The lowest BCUT2D eigenvalue weighted by molar-refractivity contribution is 0.295. The Morgan fingerprint density at radius 3 is 2.53 bits per heavy atom. The molecule has 3 nitrogen and oxygen atoms in total. The van der Waals surface area contributed by atoms with Crippen LogP contribution >= 0.6 is 0 Å². The maximum atomic E-state index is 5.73. The lowest BCUT2D eigenvalue weighted by Crippen LogP contribution is -2.11. The normalized spacial score (nSPS) is 10.0. The Bertz CT molecular complexity index is 469. The smallest absolute Gasteiger partial charge is 0.237 e. The molecule has 1 aromatic heterocycles. The number of hydrogen-bond donors (Lipinski definition) is 0. The van der Waals surface area contributed by atoms with Crippen molar-refractivity contribution in [2.45, 2.75) is 6.61 Å². The van der Waals surface area contributed by atoms with Gasteiger partial charge in [-0.25, -0.2) is 4.98 Å². The minimum Gasteiger partial charge on any atom is -0.471 e. The van der Waals surface area contributed by atoms with Crippen molar-refractivity contribution in [3.63, 3.8) is 0 Å². The molecule has 3 heteroatoms. The zero-order valence-electron chi connectivity index (χ0n) is 10.1. The van der Waals surface area contributed by atoms with Gasteiger partial charge >= 0.3 is 0 Å². The van der Waals surface area contributed by atoms with Gasteiger partial charge in [-0.1, -0.05) is 30.3 Å². The maximum absolute atomic E-state index is 5.73. The highest BCUT2D eigenvalue weighted by Gasteiger charge is 2.06. The number of hydrogen-bond acceptors (Lipinski definition) is 3. The van der Waals surface area contributed by atoms with Crippen LogP contribution in [0, 0.1) is 0 Å². The van der Waals surface area contributed by atoms with Crippen molar-refractivity contribution in [3.05, 3.63) is 54.2 Å². The van der Waals surface area contributed by atoms with Crippen LogP contribution in [0.25, 0.3) is 0 Å². The van der Waals surface area contributed by atoms with Gasteiger partial charge in [0.15, 0.2) is 0 Å². The molecule has 0 aliphatic rings. The quantitative estimate of drug-likeness (QED) is 0.804. The van der Waals surface area contributed by atoms with Crippen LogP contribution in [0.15, 0.2) is 48.7 Å². The highest BCUT2D eigenvalue weighted by Crippen LogP contribution is 2.23. The summed E-state index contributed by atoms with van der Waals surface area (Å²) in [6, 6.07) is 14.0. The molecule has 0 radical (unpaired) electrons. The van der Waals surface area contributed by atoms with Gasteiger partial charge in [0.2, 0.25) is 5.88 Å². The second-order valence-electron chi connectivity index (χ2n) is 4.00. The molecule has 0 spiro atoms. The molecule has 0 N–H and O–H groups in total. The lowest BCUT2D eigenvalue weighted by Gasteiger charge is -2.16. The standard InChI is InChI=1S/C14H16N2O/c1-16(2)13-9-6-10-15-14(13)17-11-12-7-4-3-5-8-12/h3-10H,11H2,1-2H3. The van der Waals surface area contributed by atoms with E-state index in [4.69, 9.17) is 4.74 Å². The molecular weight excluding hydrogens is 212 g/mol. The van der Waals surface area contributed by atoms with Gasteiger partial charge in [0.1, 0.15) is 6.61 Å². The van der Waals surface area contributed by atoms with Gasteiger partial charge in [-0.2, -0.15) is 0 Å². The van der Waals surface area contributed by atoms with Crippen LogP contribution in [0.1, 0.15) is 5.56 Å². The summed E-state index contributed by atoms with van der Waals surface area (Å²) in [6.07, 6.45) is 1.74. The second kappa shape index (κ2) is 5.34. The van der Waals surface area contributed by atoms with E-state index in [1.54, 1.807) is 6.20 Å². The van der Waals surface area contributed by atoms with Gasteiger partial charge < -0.3 is 9.64 Å². The third kappa shape index (κ3) is 2.97. The van der Waals surface area contributed by atoms with Crippen LogP contribution in [0.3, 0.4) is 0 Å². The summed E-state index contributed by atoms with van der Waals surface area (Å²) in [4.78, 5) is 6.24. The SMILES string of the molecule is CN(C)c1cccnc1OCc1ccccc1. The van der Waals surface area contributed by atoms with Gasteiger partial charge in [0, 0.05) is 20.3 Å². The predicted octanol–water partition coefficient (Wildman–Crippen LogP) is 2.73. The zero-order chi connectivity index (χ0) is 12.1. The van der Waals surface area contributed by atoms with Crippen molar-refractivity contribution in [1.82, 2.24) is 4.98 Å². The van der Waals surface area contributed by atoms with Gasteiger partial charge in [-0.05, 0) is 17.7 Å². The Morgan fingerprint density at radius 2 is 1.82 bits per heavy atom. The third-order valence-corrected chi connectivity index (χ3v) is 2.45. The van der Waals surface area contributed by atoms with Crippen LogP contribution in [0.4, 0.5) is 5.69 Å². The minimum atomic E-state index is 0.540. The number of aromatic nitrogens is 1. The first kappa shape index (κ1) is 11.5. The highest BCUT2D eigenvalue weighted by molar-refractivity contribution is 5.53. The van der Waals surface area contributed by atoms with Crippen molar-refractivity contribution >= 4 is 5.69 Å². The van der Waals surface area contributed by atoms with E-state index in [2.05, 4.69) is 4.98 Å². The number of nitrogens with zero attached hydrogens (tertiary/aromatic N) is 2. The van der Waals surface area contributed by atoms with Crippen molar-refractivity contribution in [2.75, 3.05) is 19.0 Å². The number of rotatable bonds is 4. The largest absolute Gasteiger partial charge is 0.471 e. The van der Waals surface area contributed by atoms with Gasteiger partial charge in [-0.15, -0.1) is 0 Å². The van der Waals surface area contributed by atoms with Crippen molar-refractivity contribution in [2.24, 2.45) is 0 Å². The van der Waals surface area contributed by atoms with Crippen LogP contribution in [-0.4, -0.2) is 19.1 Å². The first-order valence-corrected chi connectivity index (χ1v) is 5.56. The minimum absolute atomic E-state index is 0.540. The fourth-order valence-electron chi connectivity index (χ4n) is 1.56. The van der Waals surface area contributed by atoms with Gasteiger partial charge in [0.25, 0.3) is 0 Å². The topological polar surface area (TPSA) is 25.4 Å². The van der Waals surface area contributed by atoms with Crippen LogP contribution in [-0.2, 0) is 6.61 Å². The average Bonchev–Trinajstić information content (AvgIpc) is 2.38. The summed E-state index contributed by atoms with van der Waals surface area (Å²) < 4.78 is 5.73. The Kier molecular flexibility index (Phi) is 3.60.